The van der Waals surface area contributed by atoms with Crippen LogP contribution in [-0.2, 0) is 11.2 Å². The second kappa shape index (κ2) is 7.04. The van der Waals surface area contributed by atoms with Gasteiger partial charge in [-0.1, -0.05) is 38.1 Å². The molecule has 1 fully saturated rings. The van der Waals surface area contributed by atoms with Crippen molar-refractivity contribution in [1.82, 2.24) is 5.43 Å². The van der Waals surface area contributed by atoms with Gasteiger partial charge in [0.2, 0.25) is 0 Å². The molecule has 19 heavy (non-hydrogen) atoms. The van der Waals surface area contributed by atoms with E-state index in [-0.39, 0.29) is 0 Å². The summed E-state index contributed by atoms with van der Waals surface area (Å²) >= 11 is 0. The Bertz CT molecular complexity index is 369. The maximum absolute atomic E-state index is 5.74. The largest absolute Gasteiger partial charge is 0.381 e. The van der Waals surface area contributed by atoms with Crippen molar-refractivity contribution >= 4 is 0 Å². The molecule has 3 nitrogen and oxygen atoms in total. The highest BCUT2D eigenvalue weighted by Gasteiger charge is 2.23. The molecule has 1 aliphatic rings. The van der Waals surface area contributed by atoms with E-state index in [0.717, 1.165) is 32.5 Å². The van der Waals surface area contributed by atoms with Crippen molar-refractivity contribution in [2.45, 2.75) is 45.1 Å². The molecular weight excluding hydrogens is 236 g/mol. The fraction of sp³-hybridized carbons (Fsp3) is 0.625. The number of benzene rings is 1. The van der Waals surface area contributed by atoms with Crippen molar-refractivity contribution in [1.29, 1.82) is 0 Å². The lowest BCUT2D eigenvalue weighted by atomic mass is 9.87. The molecular formula is C16H26N2O. The minimum Gasteiger partial charge on any atom is -0.381 e. The summed E-state index contributed by atoms with van der Waals surface area (Å²) in [6, 6.07) is 9.29. The van der Waals surface area contributed by atoms with Gasteiger partial charge in [0.1, 0.15) is 0 Å². The molecule has 2 rings (SSSR count). The van der Waals surface area contributed by atoms with Gasteiger partial charge in [-0.2, -0.15) is 0 Å². The second-order valence-corrected chi connectivity index (χ2v) is 5.82. The van der Waals surface area contributed by atoms with Gasteiger partial charge in [0, 0.05) is 19.3 Å². The van der Waals surface area contributed by atoms with Gasteiger partial charge in [-0.25, -0.2) is 0 Å². The van der Waals surface area contributed by atoms with Crippen molar-refractivity contribution in [3.8, 4) is 0 Å². The number of nitrogens with one attached hydrogen (secondary N) is 1. The first-order valence-corrected chi connectivity index (χ1v) is 7.33. The average molecular weight is 262 g/mol. The Morgan fingerprint density at radius 2 is 1.84 bits per heavy atom. The maximum atomic E-state index is 5.74. The van der Waals surface area contributed by atoms with E-state index in [9.17, 15) is 0 Å². The predicted molar refractivity (Wildman–Crippen MR) is 78.9 cm³/mol. The molecule has 1 unspecified atom stereocenters. The Kier molecular flexibility index (Phi) is 5.37. The average Bonchev–Trinajstić information content (AvgIpc) is 2.46. The van der Waals surface area contributed by atoms with Gasteiger partial charge < -0.3 is 4.74 Å². The molecule has 1 aromatic carbocycles. The first kappa shape index (κ1) is 14.5. The Morgan fingerprint density at radius 3 is 2.37 bits per heavy atom. The summed E-state index contributed by atoms with van der Waals surface area (Å²) in [6.45, 7) is 6.19. The molecule has 0 saturated carbocycles. The summed E-state index contributed by atoms with van der Waals surface area (Å²) < 4.78 is 5.42. The van der Waals surface area contributed by atoms with Gasteiger partial charge >= 0.3 is 0 Å². The first-order chi connectivity index (χ1) is 9.20. The summed E-state index contributed by atoms with van der Waals surface area (Å²) in [6.07, 6.45) is 3.22. The SMILES string of the molecule is CC(C)c1ccc(CC(NN)C2CCOCC2)cc1. The molecule has 0 aliphatic carbocycles. The van der Waals surface area contributed by atoms with Crippen molar-refractivity contribution < 1.29 is 4.74 Å². The van der Waals surface area contributed by atoms with E-state index in [2.05, 4.69) is 43.5 Å². The van der Waals surface area contributed by atoms with Crippen LogP contribution in [0.3, 0.4) is 0 Å². The molecule has 1 heterocycles. The Balaban J connectivity index is 1.97. The Hall–Kier alpha value is -0.900. The quantitative estimate of drug-likeness (QED) is 0.633. The monoisotopic (exact) mass is 262 g/mol. The molecule has 0 spiro atoms. The zero-order valence-electron chi connectivity index (χ0n) is 12.1. The summed E-state index contributed by atoms with van der Waals surface area (Å²) in [4.78, 5) is 0. The molecule has 3 N–H and O–H groups in total. The number of hydrazine groups is 1. The third-order valence-corrected chi connectivity index (χ3v) is 4.15. The number of hydrogen-bond donors (Lipinski definition) is 2. The van der Waals surface area contributed by atoms with Crippen LogP contribution in [0.25, 0.3) is 0 Å². The lowest BCUT2D eigenvalue weighted by Gasteiger charge is -2.30. The van der Waals surface area contributed by atoms with Crippen LogP contribution in [0.1, 0.15) is 43.7 Å². The first-order valence-electron chi connectivity index (χ1n) is 7.33. The Labute approximate surface area is 116 Å². The fourth-order valence-electron chi connectivity index (χ4n) is 2.77. The molecule has 1 aliphatic heterocycles. The highest BCUT2D eigenvalue weighted by molar-refractivity contribution is 5.25. The zero-order valence-corrected chi connectivity index (χ0v) is 12.1. The van der Waals surface area contributed by atoms with Crippen LogP contribution in [-0.4, -0.2) is 19.3 Å². The maximum Gasteiger partial charge on any atom is 0.0469 e. The van der Waals surface area contributed by atoms with E-state index >= 15 is 0 Å². The number of hydrogen-bond acceptors (Lipinski definition) is 3. The Morgan fingerprint density at radius 1 is 1.21 bits per heavy atom. The molecule has 106 valence electrons. The van der Waals surface area contributed by atoms with Crippen LogP contribution in [0.5, 0.6) is 0 Å². The zero-order chi connectivity index (χ0) is 13.7. The van der Waals surface area contributed by atoms with Crippen LogP contribution in [0, 0.1) is 5.92 Å². The summed E-state index contributed by atoms with van der Waals surface area (Å²) in [5.41, 5.74) is 5.76. The fourth-order valence-corrected chi connectivity index (χ4v) is 2.77. The lowest BCUT2D eigenvalue weighted by molar-refractivity contribution is 0.0538. The normalized spacial score (nSPS) is 18.7. The van der Waals surface area contributed by atoms with E-state index < -0.39 is 0 Å². The van der Waals surface area contributed by atoms with Crippen LogP contribution in [0.4, 0.5) is 0 Å². The molecule has 0 radical (unpaired) electrons. The van der Waals surface area contributed by atoms with Gasteiger partial charge in [0.25, 0.3) is 0 Å². The van der Waals surface area contributed by atoms with Crippen LogP contribution in [0.15, 0.2) is 24.3 Å². The third kappa shape index (κ3) is 4.03. The van der Waals surface area contributed by atoms with Gasteiger partial charge in [0.15, 0.2) is 0 Å². The molecule has 0 bridgehead atoms. The van der Waals surface area contributed by atoms with Crippen LogP contribution in [0.2, 0.25) is 0 Å². The van der Waals surface area contributed by atoms with E-state index in [0.29, 0.717) is 17.9 Å². The van der Waals surface area contributed by atoms with E-state index in [1.165, 1.54) is 11.1 Å². The lowest BCUT2D eigenvalue weighted by Crippen LogP contribution is -2.44. The number of nitrogens with two attached hydrogens (primary N) is 1. The topological polar surface area (TPSA) is 47.3 Å². The van der Waals surface area contributed by atoms with Gasteiger partial charge in [-0.15, -0.1) is 0 Å². The van der Waals surface area contributed by atoms with Crippen molar-refractivity contribution in [2.24, 2.45) is 11.8 Å². The molecule has 1 atom stereocenters. The van der Waals surface area contributed by atoms with Gasteiger partial charge in [0.05, 0.1) is 0 Å². The van der Waals surface area contributed by atoms with Crippen LogP contribution >= 0.6 is 0 Å². The van der Waals surface area contributed by atoms with Crippen LogP contribution < -0.4 is 11.3 Å². The summed E-state index contributed by atoms with van der Waals surface area (Å²) in [5.74, 6) is 6.96. The van der Waals surface area contributed by atoms with Crippen molar-refractivity contribution in [3.05, 3.63) is 35.4 Å². The minimum absolute atomic E-state index is 0.355. The third-order valence-electron chi connectivity index (χ3n) is 4.15. The summed E-state index contributed by atoms with van der Waals surface area (Å²) in [5, 5.41) is 0. The van der Waals surface area contributed by atoms with Gasteiger partial charge in [-0.3, -0.25) is 11.3 Å². The molecule has 3 heteroatoms. The second-order valence-electron chi connectivity index (χ2n) is 5.82. The van der Waals surface area contributed by atoms with Crippen molar-refractivity contribution in [2.75, 3.05) is 13.2 Å². The molecule has 1 saturated heterocycles. The molecule has 1 aromatic rings. The highest BCUT2D eigenvalue weighted by atomic mass is 16.5. The standard InChI is InChI=1S/C16H26N2O/c1-12(2)14-5-3-13(4-6-14)11-16(18-17)15-7-9-19-10-8-15/h3-6,12,15-16,18H,7-11,17H2,1-2H3. The number of rotatable bonds is 5. The van der Waals surface area contributed by atoms with Gasteiger partial charge in [-0.05, 0) is 42.2 Å². The summed E-state index contributed by atoms with van der Waals surface area (Å²) in [7, 11) is 0. The highest BCUT2D eigenvalue weighted by Crippen LogP contribution is 2.22. The number of ether oxygens (including phenoxy) is 1. The van der Waals surface area contributed by atoms with E-state index in [1.54, 1.807) is 0 Å². The predicted octanol–water partition coefficient (Wildman–Crippen LogP) is 2.61. The van der Waals surface area contributed by atoms with E-state index in [1.807, 2.05) is 0 Å². The van der Waals surface area contributed by atoms with Crippen molar-refractivity contribution in [3.63, 3.8) is 0 Å². The molecule has 0 aromatic heterocycles. The van der Waals surface area contributed by atoms with E-state index in [4.69, 9.17) is 10.6 Å². The smallest absolute Gasteiger partial charge is 0.0469 e. The molecule has 0 amide bonds. The minimum atomic E-state index is 0.355.